The maximum absolute atomic E-state index is 2.56. The number of hydrogen-bond acceptors (Lipinski definition) is 0. The average molecular weight is 151 g/mol. The molecule has 0 aliphatic heterocycles. The molecular formula is C10H20B. The third-order valence-electron chi connectivity index (χ3n) is 2.94. The summed E-state index contributed by atoms with van der Waals surface area (Å²) >= 11 is 0. The summed E-state index contributed by atoms with van der Waals surface area (Å²) in [6.07, 6.45) is 8.51. The van der Waals surface area contributed by atoms with E-state index in [4.69, 9.17) is 0 Å². The Morgan fingerprint density at radius 1 is 1.27 bits per heavy atom. The highest BCUT2D eigenvalue weighted by Gasteiger charge is 2.20. The molecule has 0 nitrogen and oxygen atoms in total. The maximum Gasteiger partial charge on any atom is 0.113 e. The van der Waals surface area contributed by atoms with Crippen LogP contribution >= 0.6 is 0 Å². The van der Waals surface area contributed by atoms with Crippen LogP contribution in [0.25, 0.3) is 0 Å². The number of rotatable bonds is 3. The Balaban J connectivity index is 2.18. The molecule has 63 valence electrons. The van der Waals surface area contributed by atoms with Gasteiger partial charge in [0.1, 0.15) is 7.28 Å². The molecule has 1 saturated carbocycles. The lowest BCUT2D eigenvalue weighted by Crippen LogP contribution is -2.16. The highest BCUT2D eigenvalue weighted by atomic mass is 14.2. The fourth-order valence-electron chi connectivity index (χ4n) is 2.08. The zero-order chi connectivity index (χ0) is 8.10. The van der Waals surface area contributed by atoms with Gasteiger partial charge in [0.25, 0.3) is 0 Å². The molecule has 0 aromatic carbocycles. The molecule has 0 bridgehead atoms. The summed E-state index contributed by atoms with van der Waals surface area (Å²) in [5.74, 6) is 1.92. The number of hydrogen-bond donors (Lipinski definition) is 0. The van der Waals surface area contributed by atoms with Gasteiger partial charge in [0.05, 0.1) is 0 Å². The summed E-state index contributed by atoms with van der Waals surface area (Å²) in [5, 5.41) is 0. The first-order valence-electron chi connectivity index (χ1n) is 5.18. The van der Waals surface area contributed by atoms with Crippen LogP contribution in [-0.2, 0) is 0 Å². The van der Waals surface area contributed by atoms with Gasteiger partial charge >= 0.3 is 0 Å². The van der Waals surface area contributed by atoms with E-state index in [1.165, 1.54) is 38.4 Å². The Labute approximate surface area is 72.0 Å². The second kappa shape index (κ2) is 4.85. The fourth-order valence-corrected chi connectivity index (χ4v) is 2.08. The molecule has 1 rings (SSSR count). The molecule has 2 unspecified atom stereocenters. The predicted molar refractivity (Wildman–Crippen MR) is 52.2 cm³/mol. The Morgan fingerprint density at radius 3 is 2.64 bits per heavy atom. The van der Waals surface area contributed by atoms with Crippen molar-refractivity contribution in [2.75, 3.05) is 0 Å². The largest absolute Gasteiger partial charge is 0.113 e. The molecule has 1 radical (unpaired) electrons. The highest BCUT2D eigenvalue weighted by molar-refractivity contribution is 6.37. The Kier molecular flexibility index (Phi) is 4.03. The first-order valence-corrected chi connectivity index (χ1v) is 5.18. The van der Waals surface area contributed by atoms with Gasteiger partial charge in [0.2, 0.25) is 0 Å². The van der Waals surface area contributed by atoms with Crippen molar-refractivity contribution >= 4 is 7.28 Å². The van der Waals surface area contributed by atoms with Crippen LogP contribution < -0.4 is 0 Å². The average Bonchev–Trinajstić information content (AvgIpc) is 2.03. The van der Waals surface area contributed by atoms with E-state index in [9.17, 15) is 0 Å². The molecule has 1 aliphatic carbocycles. The zero-order valence-electron chi connectivity index (χ0n) is 7.97. The van der Waals surface area contributed by atoms with Crippen LogP contribution in [0.3, 0.4) is 0 Å². The van der Waals surface area contributed by atoms with Gasteiger partial charge in [-0.1, -0.05) is 58.1 Å². The van der Waals surface area contributed by atoms with Gasteiger partial charge in [-0.3, -0.25) is 0 Å². The minimum Gasteiger partial charge on any atom is -0.0802 e. The third-order valence-corrected chi connectivity index (χ3v) is 2.94. The van der Waals surface area contributed by atoms with E-state index in [1.54, 1.807) is 0 Å². The normalized spacial score (nSPS) is 31.8. The molecule has 1 fully saturated rings. The molecule has 0 N–H and O–H groups in total. The highest BCUT2D eigenvalue weighted by Crippen LogP contribution is 2.34. The smallest absolute Gasteiger partial charge is 0.0802 e. The van der Waals surface area contributed by atoms with Gasteiger partial charge < -0.3 is 0 Å². The molecule has 0 heterocycles. The van der Waals surface area contributed by atoms with E-state index >= 15 is 0 Å². The van der Waals surface area contributed by atoms with Crippen molar-refractivity contribution in [3.63, 3.8) is 0 Å². The van der Waals surface area contributed by atoms with Crippen LogP contribution in [0, 0.1) is 5.92 Å². The first-order chi connectivity index (χ1) is 5.34. The fraction of sp³-hybridized carbons (Fsp3) is 1.00. The van der Waals surface area contributed by atoms with Crippen molar-refractivity contribution in [1.82, 2.24) is 0 Å². The molecule has 0 aromatic rings. The standard InChI is InChI=1S/C10H20B/c1-3-8-11-10-7-5-4-6-9(10)2/h9-10H,3-8H2,1-2H3. The summed E-state index contributed by atoms with van der Waals surface area (Å²) in [5.41, 5.74) is 0. The van der Waals surface area contributed by atoms with E-state index in [0.717, 1.165) is 11.7 Å². The molecule has 0 spiro atoms. The Hall–Kier alpha value is 0.0649. The lowest BCUT2D eigenvalue weighted by Gasteiger charge is -2.28. The van der Waals surface area contributed by atoms with Crippen molar-refractivity contribution in [2.24, 2.45) is 5.92 Å². The molecule has 1 heteroatoms. The minimum absolute atomic E-state index is 0.948. The second-order valence-corrected chi connectivity index (χ2v) is 3.95. The van der Waals surface area contributed by atoms with E-state index in [0.29, 0.717) is 0 Å². The van der Waals surface area contributed by atoms with E-state index in [-0.39, 0.29) is 0 Å². The third kappa shape index (κ3) is 2.88. The van der Waals surface area contributed by atoms with E-state index in [1.807, 2.05) is 0 Å². The summed E-state index contributed by atoms with van der Waals surface area (Å²) in [6, 6.07) is 0. The molecule has 0 saturated heterocycles. The predicted octanol–water partition coefficient (Wildman–Crippen LogP) is 3.52. The first kappa shape index (κ1) is 9.16. The van der Waals surface area contributed by atoms with Crippen molar-refractivity contribution in [3.05, 3.63) is 0 Å². The lowest BCUT2D eigenvalue weighted by molar-refractivity contribution is 0.382. The topological polar surface area (TPSA) is 0 Å². The molecule has 0 amide bonds. The van der Waals surface area contributed by atoms with E-state index < -0.39 is 0 Å². The summed E-state index contributed by atoms with van der Waals surface area (Å²) < 4.78 is 0. The van der Waals surface area contributed by atoms with Crippen LogP contribution in [0.15, 0.2) is 0 Å². The second-order valence-electron chi connectivity index (χ2n) is 3.95. The van der Waals surface area contributed by atoms with Crippen LogP contribution in [0.5, 0.6) is 0 Å². The SMILES string of the molecule is CCC[B]C1CCCCC1C. The van der Waals surface area contributed by atoms with Gasteiger partial charge in [0.15, 0.2) is 0 Å². The van der Waals surface area contributed by atoms with Gasteiger partial charge in [-0.2, -0.15) is 0 Å². The van der Waals surface area contributed by atoms with Crippen LogP contribution in [0.1, 0.15) is 46.0 Å². The van der Waals surface area contributed by atoms with Crippen LogP contribution in [-0.4, -0.2) is 7.28 Å². The molecular weight excluding hydrogens is 131 g/mol. The Bertz CT molecular complexity index is 101. The van der Waals surface area contributed by atoms with Gasteiger partial charge in [-0.15, -0.1) is 0 Å². The molecule has 11 heavy (non-hydrogen) atoms. The Morgan fingerprint density at radius 2 is 2.00 bits per heavy atom. The van der Waals surface area contributed by atoms with Crippen molar-refractivity contribution in [3.8, 4) is 0 Å². The maximum atomic E-state index is 2.56. The van der Waals surface area contributed by atoms with Gasteiger partial charge in [-0.25, -0.2) is 0 Å². The van der Waals surface area contributed by atoms with Gasteiger partial charge in [-0.05, 0) is 5.92 Å². The zero-order valence-corrected chi connectivity index (χ0v) is 7.97. The summed E-state index contributed by atoms with van der Waals surface area (Å²) in [7, 11) is 2.56. The molecule has 0 aromatic heterocycles. The molecule has 1 aliphatic rings. The molecule has 2 atom stereocenters. The van der Waals surface area contributed by atoms with Crippen molar-refractivity contribution in [1.29, 1.82) is 0 Å². The lowest BCUT2D eigenvalue weighted by atomic mass is 9.53. The summed E-state index contributed by atoms with van der Waals surface area (Å²) in [4.78, 5) is 0. The van der Waals surface area contributed by atoms with Crippen LogP contribution in [0.4, 0.5) is 0 Å². The monoisotopic (exact) mass is 151 g/mol. The van der Waals surface area contributed by atoms with Crippen molar-refractivity contribution < 1.29 is 0 Å². The van der Waals surface area contributed by atoms with Crippen LogP contribution in [0.2, 0.25) is 12.1 Å². The minimum atomic E-state index is 0.948. The summed E-state index contributed by atoms with van der Waals surface area (Å²) in [6.45, 7) is 4.68. The quantitative estimate of drug-likeness (QED) is 0.541. The van der Waals surface area contributed by atoms with Gasteiger partial charge in [0, 0.05) is 0 Å². The van der Waals surface area contributed by atoms with Crippen molar-refractivity contribution in [2.45, 2.75) is 58.1 Å². The van der Waals surface area contributed by atoms with E-state index in [2.05, 4.69) is 21.1 Å².